The number of piperidine rings is 2. The largest absolute Gasteiger partial charge is 0.382 e. The summed E-state index contributed by atoms with van der Waals surface area (Å²) >= 11 is 0. The Bertz CT molecular complexity index is 1480. The van der Waals surface area contributed by atoms with Crippen molar-refractivity contribution in [3.8, 4) is 11.3 Å². The summed E-state index contributed by atoms with van der Waals surface area (Å²) in [5.41, 5.74) is 5.70. The van der Waals surface area contributed by atoms with Crippen LogP contribution in [0.3, 0.4) is 0 Å². The van der Waals surface area contributed by atoms with Crippen LogP contribution in [0.5, 0.6) is 0 Å². The van der Waals surface area contributed by atoms with Crippen LogP contribution in [0.4, 0.5) is 5.69 Å². The van der Waals surface area contributed by atoms with E-state index in [1.54, 1.807) is 6.20 Å². The second kappa shape index (κ2) is 10.9. The monoisotopic (exact) mass is 525 g/mol. The summed E-state index contributed by atoms with van der Waals surface area (Å²) in [4.78, 5) is 27.2. The zero-order valence-corrected chi connectivity index (χ0v) is 23.3. The molecule has 2 N–H and O–H groups in total. The van der Waals surface area contributed by atoms with E-state index in [4.69, 9.17) is 4.98 Å². The maximum atomic E-state index is 13.1. The van der Waals surface area contributed by atoms with Crippen molar-refractivity contribution in [3.63, 3.8) is 0 Å². The summed E-state index contributed by atoms with van der Waals surface area (Å²) in [6.07, 6.45) is 8.22. The fraction of sp³-hybridized carbons (Fsp3) is 0.452. The third kappa shape index (κ3) is 5.49. The first-order valence-corrected chi connectivity index (χ1v) is 14.2. The molecule has 8 heteroatoms. The highest BCUT2D eigenvalue weighted by Crippen LogP contribution is 2.31. The number of fused-ring (bicyclic) bond motifs is 2. The van der Waals surface area contributed by atoms with Gasteiger partial charge in [-0.2, -0.15) is 0 Å². The van der Waals surface area contributed by atoms with Crippen molar-refractivity contribution in [2.24, 2.45) is 13.0 Å². The van der Waals surface area contributed by atoms with Crippen molar-refractivity contribution in [2.75, 3.05) is 52.1 Å². The van der Waals surface area contributed by atoms with Crippen LogP contribution >= 0.6 is 0 Å². The van der Waals surface area contributed by atoms with Crippen molar-refractivity contribution in [2.45, 2.75) is 31.7 Å². The van der Waals surface area contributed by atoms with Gasteiger partial charge in [0.15, 0.2) is 0 Å². The Morgan fingerprint density at radius 3 is 2.46 bits per heavy atom. The van der Waals surface area contributed by atoms with E-state index in [0.29, 0.717) is 17.7 Å². The van der Waals surface area contributed by atoms with E-state index in [0.717, 1.165) is 97.2 Å². The molecule has 4 aromatic rings. The molecular weight excluding hydrogens is 486 g/mol. The first kappa shape index (κ1) is 25.8. The quantitative estimate of drug-likeness (QED) is 0.389. The Morgan fingerprint density at radius 1 is 0.949 bits per heavy atom. The van der Waals surface area contributed by atoms with Crippen LogP contribution in [0.2, 0.25) is 0 Å². The third-order valence-electron chi connectivity index (χ3n) is 8.65. The number of pyridine rings is 2. The van der Waals surface area contributed by atoms with Crippen molar-refractivity contribution in [1.29, 1.82) is 0 Å². The lowest BCUT2D eigenvalue weighted by Gasteiger charge is -2.30. The van der Waals surface area contributed by atoms with Crippen molar-refractivity contribution in [1.82, 2.24) is 29.7 Å². The summed E-state index contributed by atoms with van der Waals surface area (Å²) in [6.45, 7) is 5.15. The molecule has 0 saturated carbocycles. The number of nitrogens with one attached hydrogen (secondary N) is 2. The maximum Gasteiger partial charge on any atom is 0.267 e. The normalized spacial score (nSPS) is 18.1. The van der Waals surface area contributed by atoms with Crippen LogP contribution in [0, 0.1) is 5.92 Å². The minimum Gasteiger partial charge on any atom is -0.382 e. The second-order valence-corrected chi connectivity index (χ2v) is 11.5. The van der Waals surface area contributed by atoms with Gasteiger partial charge in [-0.3, -0.25) is 9.78 Å². The van der Waals surface area contributed by atoms with Gasteiger partial charge in [0.2, 0.25) is 0 Å². The van der Waals surface area contributed by atoms with Gasteiger partial charge < -0.3 is 25.0 Å². The molecule has 2 aliphatic rings. The Labute approximate surface area is 230 Å². The number of nitrogens with zero attached hydrogens (tertiary/aromatic N) is 5. The number of hydrogen-bond acceptors (Lipinski definition) is 6. The molecule has 0 radical (unpaired) electrons. The number of carbonyl (C=O) groups excluding carboxylic acids is 1. The minimum atomic E-state index is -0.00452. The highest BCUT2D eigenvalue weighted by molar-refractivity contribution is 6.00. The van der Waals surface area contributed by atoms with Gasteiger partial charge in [0.05, 0.1) is 11.2 Å². The SMILES string of the molecule is CN1CCC(CNC(=O)c2cc3cc(-c4cc(NC5CCN(C)CC5)c5cnccc5n4)ccc3n2C)CC1. The van der Waals surface area contributed by atoms with E-state index < -0.39 is 0 Å². The number of benzene rings is 1. The Morgan fingerprint density at radius 2 is 1.69 bits per heavy atom. The number of aromatic nitrogens is 3. The van der Waals surface area contributed by atoms with Crippen molar-refractivity contribution in [3.05, 3.63) is 54.5 Å². The Balaban J connectivity index is 1.26. The lowest BCUT2D eigenvalue weighted by Crippen LogP contribution is -2.37. The summed E-state index contributed by atoms with van der Waals surface area (Å²) in [5.74, 6) is 0.549. The smallest absolute Gasteiger partial charge is 0.267 e. The minimum absolute atomic E-state index is 0.00452. The van der Waals surface area contributed by atoms with Crippen molar-refractivity contribution < 1.29 is 4.79 Å². The molecule has 0 bridgehead atoms. The van der Waals surface area contributed by atoms with Crippen LogP contribution < -0.4 is 10.6 Å². The molecule has 204 valence electrons. The number of likely N-dealkylation sites (tertiary alicyclic amines) is 2. The highest BCUT2D eigenvalue weighted by atomic mass is 16.1. The average Bonchev–Trinajstić information content (AvgIpc) is 3.29. The van der Waals surface area contributed by atoms with E-state index in [1.165, 1.54) is 0 Å². The molecule has 3 aromatic heterocycles. The number of carbonyl (C=O) groups is 1. The van der Waals surface area contributed by atoms with Crippen LogP contribution in [0.1, 0.15) is 36.2 Å². The van der Waals surface area contributed by atoms with E-state index in [2.05, 4.69) is 63.8 Å². The van der Waals surface area contributed by atoms with Crippen LogP contribution in [0.25, 0.3) is 33.1 Å². The van der Waals surface area contributed by atoms with Gasteiger partial charge in [-0.05, 0) is 102 Å². The summed E-state index contributed by atoms with van der Waals surface area (Å²) in [7, 11) is 6.32. The average molecular weight is 526 g/mol. The van der Waals surface area contributed by atoms with E-state index in [9.17, 15) is 4.79 Å². The molecule has 5 heterocycles. The molecular formula is C31H39N7O. The van der Waals surface area contributed by atoms with Gasteiger partial charge in [-0.15, -0.1) is 0 Å². The van der Waals surface area contributed by atoms with Gasteiger partial charge in [0.1, 0.15) is 5.69 Å². The fourth-order valence-electron chi connectivity index (χ4n) is 6.03. The van der Waals surface area contributed by atoms with Crippen LogP contribution in [-0.2, 0) is 7.05 Å². The van der Waals surface area contributed by atoms with E-state index in [1.807, 2.05) is 29.9 Å². The first-order chi connectivity index (χ1) is 18.9. The third-order valence-corrected chi connectivity index (χ3v) is 8.65. The number of rotatable bonds is 6. The molecule has 0 atom stereocenters. The Hall–Kier alpha value is -3.49. The van der Waals surface area contributed by atoms with Crippen LogP contribution in [-0.4, -0.2) is 83.1 Å². The summed E-state index contributed by atoms with van der Waals surface area (Å²) < 4.78 is 2.00. The fourth-order valence-corrected chi connectivity index (χ4v) is 6.03. The molecule has 0 unspecified atom stereocenters. The first-order valence-electron chi connectivity index (χ1n) is 14.2. The number of amides is 1. The van der Waals surface area contributed by atoms with Crippen molar-refractivity contribution >= 4 is 33.4 Å². The predicted octanol–water partition coefficient (Wildman–Crippen LogP) is 4.37. The van der Waals surface area contributed by atoms with E-state index >= 15 is 0 Å². The molecule has 2 aliphatic heterocycles. The number of hydrogen-bond donors (Lipinski definition) is 2. The molecule has 1 amide bonds. The molecule has 0 spiro atoms. The maximum absolute atomic E-state index is 13.1. The molecule has 1 aromatic carbocycles. The molecule has 2 fully saturated rings. The zero-order valence-electron chi connectivity index (χ0n) is 23.3. The zero-order chi connectivity index (χ0) is 26.9. The molecule has 2 saturated heterocycles. The van der Waals surface area contributed by atoms with Gasteiger partial charge in [-0.25, -0.2) is 4.98 Å². The predicted molar refractivity (Wildman–Crippen MR) is 158 cm³/mol. The highest BCUT2D eigenvalue weighted by Gasteiger charge is 2.21. The summed E-state index contributed by atoms with van der Waals surface area (Å²) in [5, 5.41) is 9.08. The molecule has 0 aliphatic carbocycles. The van der Waals surface area contributed by atoms with Gasteiger partial charge in [0.25, 0.3) is 5.91 Å². The number of aryl methyl sites for hydroxylation is 1. The molecule has 39 heavy (non-hydrogen) atoms. The van der Waals surface area contributed by atoms with Gasteiger partial charge >= 0.3 is 0 Å². The van der Waals surface area contributed by atoms with E-state index in [-0.39, 0.29) is 5.91 Å². The second-order valence-electron chi connectivity index (χ2n) is 11.5. The lowest BCUT2D eigenvalue weighted by atomic mass is 9.97. The lowest BCUT2D eigenvalue weighted by molar-refractivity contribution is 0.0931. The molecule has 6 rings (SSSR count). The standard InChI is InChI=1S/C31H39N7O/c1-36-12-7-21(8-13-36)19-33-31(39)30-17-23-16-22(4-5-29(23)38(30)3)27-18-28(25-20-32-11-6-26(25)35-27)34-24-9-14-37(2)15-10-24/h4-6,11,16-18,20-21,24H,7-10,12-15,19H2,1-3H3,(H,33,39)(H,34,35). The van der Waals surface area contributed by atoms with Gasteiger partial charge in [-0.1, -0.05) is 6.07 Å². The van der Waals surface area contributed by atoms with Gasteiger partial charge in [0, 0.05) is 59.6 Å². The Kier molecular flexibility index (Phi) is 7.23. The van der Waals surface area contributed by atoms with Crippen LogP contribution in [0.15, 0.2) is 48.8 Å². The molecule has 8 nitrogen and oxygen atoms in total. The number of anilines is 1. The summed E-state index contributed by atoms with van der Waals surface area (Å²) in [6, 6.07) is 12.9. The topological polar surface area (TPSA) is 78.3 Å².